The van der Waals surface area contributed by atoms with E-state index < -0.39 is 5.82 Å². The van der Waals surface area contributed by atoms with Gasteiger partial charge in [-0.25, -0.2) is 4.39 Å². The lowest BCUT2D eigenvalue weighted by Gasteiger charge is -2.25. The van der Waals surface area contributed by atoms with E-state index in [1.54, 1.807) is 12.1 Å². The van der Waals surface area contributed by atoms with Gasteiger partial charge in [-0.2, -0.15) is 5.26 Å². The summed E-state index contributed by atoms with van der Waals surface area (Å²) < 4.78 is 13.4. The second-order valence-corrected chi connectivity index (χ2v) is 4.86. The first-order chi connectivity index (χ1) is 8.69. The molecule has 3 nitrogen and oxygen atoms in total. The molecule has 0 unspecified atom stereocenters. The van der Waals surface area contributed by atoms with Crippen LogP contribution in [0.1, 0.15) is 31.2 Å². The predicted molar refractivity (Wildman–Crippen MR) is 67.6 cm³/mol. The minimum Gasteiger partial charge on any atom is -0.393 e. The summed E-state index contributed by atoms with van der Waals surface area (Å²) in [5, 5.41) is 21.2. The van der Waals surface area contributed by atoms with E-state index in [1.165, 1.54) is 12.1 Å². The second kappa shape index (κ2) is 5.83. The van der Waals surface area contributed by atoms with E-state index in [-0.39, 0.29) is 11.7 Å². The van der Waals surface area contributed by atoms with Crippen molar-refractivity contribution in [3.8, 4) is 6.07 Å². The third-order valence-corrected chi connectivity index (χ3v) is 3.50. The summed E-state index contributed by atoms with van der Waals surface area (Å²) in [6.07, 6.45) is 3.58. The molecule has 0 bridgehead atoms. The Bertz CT molecular complexity index is 448. The number of halogens is 1. The van der Waals surface area contributed by atoms with Gasteiger partial charge in [0.15, 0.2) is 0 Å². The number of nitrogens with one attached hydrogen (secondary N) is 1. The monoisotopic (exact) mass is 248 g/mol. The maximum Gasteiger partial charge on any atom is 0.143 e. The van der Waals surface area contributed by atoms with Crippen LogP contribution in [0.2, 0.25) is 0 Å². The van der Waals surface area contributed by atoms with Crippen LogP contribution < -0.4 is 5.32 Å². The molecule has 0 heterocycles. The lowest BCUT2D eigenvalue weighted by Crippen LogP contribution is -2.23. The van der Waals surface area contributed by atoms with Gasteiger partial charge in [0.1, 0.15) is 11.9 Å². The van der Waals surface area contributed by atoms with Crippen LogP contribution in [0.15, 0.2) is 18.2 Å². The Labute approximate surface area is 106 Å². The molecule has 2 rings (SSSR count). The molecule has 1 saturated carbocycles. The van der Waals surface area contributed by atoms with Crippen LogP contribution >= 0.6 is 0 Å². The fourth-order valence-corrected chi connectivity index (χ4v) is 2.33. The maximum atomic E-state index is 13.4. The van der Waals surface area contributed by atoms with Gasteiger partial charge in [-0.3, -0.25) is 0 Å². The minimum absolute atomic E-state index is 0.0707. The third-order valence-electron chi connectivity index (χ3n) is 3.50. The summed E-state index contributed by atoms with van der Waals surface area (Å²) in [5.41, 5.74) is 0.777. The lowest BCUT2D eigenvalue weighted by molar-refractivity contribution is 0.111. The molecule has 2 N–H and O–H groups in total. The highest BCUT2D eigenvalue weighted by Gasteiger charge is 2.18. The molecule has 1 aromatic carbocycles. The Hall–Kier alpha value is -1.60. The van der Waals surface area contributed by atoms with Gasteiger partial charge in [-0.1, -0.05) is 0 Å². The smallest absolute Gasteiger partial charge is 0.143 e. The Kier molecular flexibility index (Phi) is 4.16. The number of hydrogen-bond donors (Lipinski definition) is 2. The average Bonchev–Trinajstić information content (AvgIpc) is 2.38. The molecule has 0 atom stereocenters. The van der Waals surface area contributed by atoms with Crippen LogP contribution in [0, 0.1) is 23.1 Å². The fourth-order valence-electron chi connectivity index (χ4n) is 2.33. The number of nitrogens with zero attached hydrogens (tertiary/aromatic N) is 1. The van der Waals surface area contributed by atoms with Crippen molar-refractivity contribution in [2.75, 3.05) is 11.9 Å². The lowest BCUT2D eigenvalue weighted by atomic mass is 9.87. The van der Waals surface area contributed by atoms with Gasteiger partial charge in [-0.15, -0.1) is 0 Å². The van der Waals surface area contributed by atoms with E-state index in [4.69, 9.17) is 5.26 Å². The highest BCUT2D eigenvalue weighted by molar-refractivity contribution is 5.48. The van der Waals surface area contributed by atoms with Gasteiger partial charge >= 0.3 is 0 Å². The molecule has 0 saturated heterocycles. The van der Waals surface area contributed by atoms with E-state index in [0.717, 1.165) is 32.2 Å². The van der Waals surface area contributed by atoms with E-state index in [2.05, 4.69) is 5.32 Å². The van der Waals surface area contributed by atoms with Crippen LogP contribution in [0.3, 0.4) is 0 Å². The molecule has 0 radical (unpaired) electrons. The highest BCUT2D eigenvalue weighted by Crippen LogP contribution is 2.24. The van der Waals surface area contributed by atoms with E-state index in [1.807, 2.05) is 0 Å². The fraction of sp³-hybridized carbons (Fsp3) is 0.500. The number of hydrogen-bond acceptors (Lipinski definition) is 3. The SMILES string of the molecule is N#Cc1ccc(NCC2CCC(O)CC2)cc1F. The number of nitriles is 1. The maximum absolute atomic E-state index is 13.4. The first kappa shape index (κ1) is 12.8. The van der Waals surface area contributed by atoms with Crippen LogP contribution in [-0.2, 0) is 0 Å². The minimum atomic E-state index is -0.485. The van der Waals surface area contributed by atoms with E-state index in [9.17, 15) is 9.50 Å². The quantitative estimate of drug-likeness (QED) is 0.864. The number of aliphatic hydroxyl groups is 1. The Morgan fingerprint density at radius 3 is 2.67 bits per heavy atom. The molecule has 0 amide bonds. The topological polar surface area (TPSA) is 56.0 Å². The number of anilines is 1. The molecule has 4 heteroatoms. The summed E-state index contributed by atoms with van der Waals surface area (Å²) in [4.78, 5) is 0. The molecule has 0 aromatic heterocycles. The van der Waals surface area contributed by atoms with Crippen molar-refractivity contribution in [2.45, 2.75) is 31.8 Å². The first-order valence-corrected chi connectivity index (χ1v) is 6.30. The standard InChI is InChI=1S/C14H17FN2O/c15-14-7-12(4-3-11(14)8-16)17-9-10-1-5-13(18)6-2-10/h3-4,7,10,13,17-18H,1-2,5-6,9H2. The molecule has 1 aliphatic carbocycles. The van der Waals surface area contributed by atoms with Crippen molar-refractivity contribution in [2.24, 2.45) is 5.92 Å². The van der Waals surface area contributed by atoms with Crippen LogP contribution in [0.25, 0.3) is 0 Å². The zero-order chi connectivity index (χ0) is 13.0. The molecular weight excluding hydrogens is 231 g/mol. The molecule has 0 spiro atoms. The summed E-state index contributed by atoms with van der Waals surface area (Å²) in [5.74, 6) is 0.0497. The summed E-state index contributed by atoms with van der Waals surface area (Å²) in [6, 6.07) is 6.37. The van der Waals surface area contributed by atoms with Crippen LogP contribution in [0.4, 0.5) is 10.1 Å². The van der Waals surface area contributed by atoms with Gasteiger partial charge in [-0.05, 0) is 49.8 Å². The summed E-state index contributed by atoms with van der Waals surface area (Å²) in [7, 11) is 0. The Morgan fingerprint density at radius 1 is 1.33 bits per heavy atom. The largest absolute Gasteiger partial charge is 0.393 e. The molecule has 18 heavy (non-hydrogen) atoms. The first-order valence-electron chi connectivity index (χ1n) is 6.30. The molecule has 1 fully saturated rings. The van der Waals surface area contributed by atoms with Gasteiger partial charge in [0, 0.05) is 12.2 Å². The Morgan fingerprint density at radius 2 is 2.06 bits per heavy atom. The highest BCUT2D eigenvalue weighted by atomic mass is 19.1. The number of aliphatic hydroxyl groups excluding tert-OH is 1. The summed E-state index contributed by atoms with van der Waals surface area (Å²) in [6.45, 7) is 0.790. The molecular formula is C14H17FN2O. The zero-order valence-electron chi connectivity index (χ0n) is 10.2. The van der Waals surface area contributed by atoms with Crippen molar-refractivity contribution >= 4 is 5.69 Å². The van der Waals surface area contributed by atoms with Gasteiger partial charge in [0.05, 0.1) is 11.7 Å². The van der Waals surface area contributed by atoms with E-state index >= 15 is 0 Å². The normalized spacial score (nSPS) is 23.4. The van der Waals surface area contributed by atoms with Gasteiger partial charge in [0.25, 0.3) is 0 Å². The van der Waals surface area contributed by atoms with Crippen molar-refractivity contribution in [1.29, 1.82) is 5.26 Å². The van der Waals surface area contributed by atoms with Crippen molar-refractivity contribution in [3.05, 3.63) is 29.6 Å². The van der Waals surface area contributed by atoms with E-state index in [0.29, 0.717) is 11.6 Å². The number of rotatable bonds is 3. The van der Waals surface area contributed by atoms with Crippen LogP contribution in [-0.4, -0.2) is 17.8 Å². The third kappa shape index (κ3) is 3.21. The average molecular weight is 248 g/mol. The predicted octanol–water partition coefficient (Wildman–Crippen LogP) is 2.66. The zero-order valence-corrected chi connectivity index (χ0v) is 10.2. The summed E-state index contributed by atoms with van der Waals surface area (Å²) >= 11 is 0. The van der Waals surface area contributed by atoms with Crippen molar-refractivity contribution in [3.63, 3.8) is 0 Å². The second-order valence-electron chi connectivity index (χ2n) is 4.86. The van der Waals surface area contributed by atoms with Gasteiger partial charge < -0.3 is 10.4 Å². The molecule has 1 aromatic rings. The Balaban J connectivity index is 1.87. The number of benzene rings is 1. The molecule has 96 valence electrons. The van der Waals surface area contributed by atoms with Gasteiger partial charge in [0.2, 0.25) is 0 Å². The molecule has 1 aliphatic rings. The van der Waals surface area contributed by atoms with Crippen molar-refractivity contribution in [1.82, 2.24) is 0 Å². The molecule has 0 aliphatic heterocycles. The van der Waals surface area contributed by atoms with Crippen LogP contribution in [0.5, 0.6) is 0 Å². The van der Waals surface area contributed by atoms with Crippen molar-refractivity contribution < 1.29 is 9.50 Å².